The number of ether oxygens (including phenoxy) is 2. The fourth-order valence-electron chi connectivity index (χ4n) is 3.34. The van der Waals surface area contributed by atoms with Gasteiger partial charge in [0.2, 0.25) is 0 Å². The standard InChI is InChI=1S/C22H31N3O4/c1-22(2,3)8-9-24-10-12-25(13-11-24)21(26)18-15-20(29-23-18)17-14-16(27-4)6-7-19(17)28-5/h6-7,14-15H,8-13H2,1-5H3. The summed E-state index contributed by atoms with van der Waals surface area (Å²) in [6.07, 6.45) is 1.15. The summed E-state index contributed by atoms with van der Waals surface area (Å²) < 4.78 is 16.1. The third kappa shape index (κ3) is 5.29. The molecule has 3 rings (SSSR count). The highest BCUT2D eigenvalue weighted by Gasteiger charge is 2.26. The molecule has 2 aromatic rings. The van der Waals surface area contributed by atoms with Crippen LogP contribution < -0.4 is 9.47 Å². The summed E-state index contributed by atoms with van der Waals surface area (Å²) in [6, 6.07) is 7.09. The predicted molar refractivity (Wildman–Crippen MR) is 111 cm³/mol. The van der Waals surface area contributed by atoms with Crippen LogP contribution in [-0.2, 0) is 0 Å². The minimum absolute atomic E-state index is 0.0997. The van der Waals surface area contributed by atoms with E-state index >= 15 is 0 Å². The molecule has 1 aliphatic rings. The molecule has 0 atom stereocenters. The number of aromatic nitrogens is 1. The number of hydrogen-bond acceptors (Lipinski definition) is 6. The monoisotopic (exact) mass is 401 g/mol. The summed E-state index contributed by atoms with van der Waals surface area (Å²) in [5.41, 5.74) is 1.34. The van der Waals surface area contributed by atoms with Crippen LogP contribution in [0.1, 0.15) is 37.7 Å². The Morgan fingerprint density at radius 3 is 2.45 bits per heavy atom. The van der Waals surface area contributed by atoms with Crippen LogP contribution in [0.25, 0.3) is 11.3 Å². The number of carbonyl (C=O) groups is 1. The molecular formula is C22H31N3O4. The predicted octanol–water partition coefficient (Wildman–Crippen LogP) is 3.55. The molecule has 1 amide bonds. The molecule has 7 heteroatoms. The average molecular weight is 402 g/mol. The molecule has 0 saturated carbocycles. The third-order valence-corrected chi connectivity index (χ3v) is 5.24. The van der Waals surface area contributed by atoms with Gasteiger partial charge in [0.25, 0.3) is 5.91 Å². The Labute approximate surface area is 172 Å². The fraction of sp³-hybridized carbons (Fsp3) is 0.545. The Hall–Kier alpha value is -2.54. The number of amides is 1. The van der Waals surface area contributed by atoms with Crippen molar-refractivity contribution in [1.82, 2.24) is 15.0 Å². The normalized spacial score (nSPS) is 15.4. The molecule has 1 aromatic carbocycles. The lowest BCUT2D eigenvalue weighted by molar-refractivity contribution is 0.0613. The molecule has 1 fully saturated rings. The zero-order chi connectivity index (χ0) is 21.0. The summed E-state index contributed by atoms with van der Waals surface area (Å²) in [4.78, 5) is 17.1. The van der Waals surface area contributed by atoms with Gasteiger partial charge in [0, 0.05) is 32.2 Å². The molecule has 158 valence electrons. The molecule has 0 unspecified atom stereocenters. The summed E-state index contributed by atoms with van der Waals surface area (Å²) in [5.74, 6) is 1.69. The van der Waals surface area contributed by atoms with Crippen molar-refractivity contribution >= 4 is 5.91 Å². The minimum atomic E-state index is -0.0997. The Morgan fingerprint density at radius 1 is 1.10 bits per heavy atom. The Balaban J connectivity index is 1.65. The maximum Gasteiger partial charge on any atom is 0.276 e. The zero-order valence-corrected chi connectivity index (χ0v) is 18.0. The van der Waals surface area contributed by atoms with E-state index in [9.17, 15) is 4.79 Å². The summed E-state index contributed by atoms with van der Waals surface area (Å²) in [5, 5.41) is 4.01. The quantitative estimate of drug-likeness (QED) is 0.737. The van der Waals surface area contributed by atoms with Gasteiger partial charge >= 0.3 is 0 Å². The van der Waals surface area contributed by atoms with Crippen molar-refractivity contribution in [3.05, 3.63) is 30.0 Å². The lowest BCUT2D eigenvalue weighted by Crippen LogP contribution is -2.49. The van der Waals surface area contributed by atoms with Crippen LogP contribution in [0.4, 0.5) is 0 Å². The van der Waals surface area contributed by atoms with Crippen LogP contribution in [0.15, 0.2) is 28.8 Å². The Kier molecular flexibility index (Phi) is 6.47. The molecule has 0 N–H and O–H groups in total. The van der Waals surface area contributed by atoms with Crippen molar-refractivity contribution in [3.8, 4) is 22.8 Å². The first kappa shape index (κ1) is 21.2. The molecule has 0 spiro atoms. The van der Waals surface area contributed by atoms with Crippen molar-refractivity contribution in [2.75, 3.05) is 46.9 Å². The van der Waals surface area contributed by atoms with E-state index in [0.717, 1.165) is 26.1 Å². The van der Waals surface area contributed by atoms with Crippen molar-refractivity contribution in [2.45, 2.75) is 27.2 Å². The lowest BCUT2D eigenvalue weighted by atomic mass is 9.92. The van der Waals surface area contributed by atoms with Gasteiger partial charge in [-0.2, -0.15) is 0 Å². The first-order valence-electron chi connectivity index (χ1n) is 10.0. The summed E-state index contributed by atoms with van der Waals surface area (Å²) in [6.45, 7) is 11.0. The highest BCUT2D eigenvalue weighted by molar-refractivity contribution is 5.93. The van der Waals surface area contributed by atoms with Crippen molar-refractivity contribution < 1.29 is 18.8 Å². The third-order valence-electron chi connectivity index (χ3n) is 5.24. The highest BCUT2D eigenvalue weighted by Crippen LogP contribution is 2.34. The van der Waals surface area contributed by atoms with E-state index in [1.54, 1.807) is 26.4 Å². The van der Waals surface area contributed by atoms with Gasteiger partial charge in [0.1, 0.15) is 11.5 Å². The van der Waals surface area contributed by atoms with Crippen LogP contribution in [0, 0.1) is 5.41 Å². The number of methoxy groups -OCH3 is 2. The van der Waals surface area contributed by atoms with Crippen LogP contribution in [0.3, 0.4) is 0 Å². The Morgan fingerprint density at radius 2 is 1.83 bits per heavy atom. The van der Waals surface area contributed by atoms with E-state index in [1.165, 1.54) is 0 Å². The summed E-state index contributed by atoms with van der Waals surface area (Å²) in [7, 11) is 3.19. The SMILES string of the molecule is COc1ccc(OC)c(-c2cc(C(=O)N3CCN(CCC(C)(C)C)CC3)no2)c1. The van der Waals surface area contributed by atoms with Gasteiger partial charge in [-0.15, -0.1) is 0 Å². The first-order chi connectivity index (χ1) is 13.8. The molecule has 1 saturated heterocycles. The van der Waals surface area contributed by atoms with E-state index in [4.69, 9.17) is 14.0 Å². The first-order valence-corrected chi connectivity index (χ1v) is 10.0. The largest absolute Gasteiger partial charge is 0.497 e. The van der Waals surface area contributed by atoms with Crippen molar-refractivity contribution in [3.63, 3.8) is 0 Å². The number of nitrogens with zero attached hydrogens (tertiary/aromatic N) is 3. The summed E-state index contributed by atoms with van der Waals surface area (Å²) >= 11 is 0. The van der Waals surface area contributed by atoms with E-state index < -0.39 is 0 Å². The highest BCUT2D eigenvalue weighted by atomic mass is 16.5. The van der Waals surface area contributed by atoms with Gasteiger partial charge in [-0.3, -0.25) is 9.69 Å². The molecule has 1 aliphatic heterocycles. The molecule has 2 heterocycles. The second-order valence-corrected chi connectivity index (χ2v) is 8.59. The zero-order valence-electron chi connectivity index (χ0n) is 18.0. The van der Waals surface area contributed by atoms with E-state index in [0.29, 0.717) is 47.0 Å². The van der Waals surface area contributed by atoms with Gasteiger partial charge in [0.15, 0.2) is 11.5 Å². The van der Waals surface area contributed by atoms with E-state index in [1.807, 2.05) is 17.0 Å². The van der Waals surface area contributed by atoms with E-state index in [-0.39, 0.29) is 5.91 Å². The maximum atomic E-state index is 12.9. The molecule has 0 aliphatic carbocycles. The van der Waals surface area contributed by atoms with Gasteiger partial charge in [-0.05, 0) is 36.6 Å². The fourth-order valence-corrected chi connectivity index (χ4v) is 3.34. The van der Waals surface area contributed by atoms with Crippen LogP contribution in [0.2, 0.25) is 0 Å². The van der Waals surface area contributed by atoms with Gasteiger partial charge in [0.05, 0.1) is 19.8 Å². The Bertz CT molecular complexity index is 833. The molecule has 1 aromatic heterocycles. The molecule has 29 heavy (non-hydrogen) atoms. The van der Waals surface area contributed by atoms with Crippen LogP contribution in [0.5, 0.6) is 11.5 Å². The second kappa shape index (κ2) is 8.86. The van der Waals surface area contributed by atoms with Crippen molar-refractivity contribution in [1.29, 1.82) is 0 Å². The maximum absolute atomic E-state index is 12.9. The number of benzene rings is 1. The lowest BCUT2D eigenvalue weighted by Gasteiger charge is -2.35. The number of hydrogen-bond donors (Lipinski definition) is 0. The minimum Gasteiger partial charge on any atom is -0.497 e. The topological polar surface area (TPSA) is 68.0 Å². The van der Waals surface area contributed by atoms with Gasteiger partial charge in [-0.1, -0.05) is 25.9 Å². The number of carbonyl (C=O) groups excluding carboxylic acids is 1. The number of piperazine rings is 1. The van der Waals surface area contributed by atoms with Gasteiger partial charge in [-0.25, -0.2) is 0 Å². The number of rotatable bonds is 6. The average Bonchev–Trinajstić information content (AvgIpc) is 3.21. The van der Waals surface area contributed by atoms with E-state index in [2.05, 4.69) is 30.8 Å². The smallest absolute Gasteiger partial charge is 0.276 e. The molecule has 0 bridgehead atoms. The van der Waals surface area contributed by atoms with Crippen LogP contribution in [-0.4, -0.2) is 67.8 Å². The second-order valence-electron chi connectivity index (χ2n) is 8.59. The van der Waals surface area contributed by atoms with Gasteiger partial charge < -0.3 is 18.9 Å². The molecule has 0 radical (unpaired) electrons. The molecule has 7 nitrogen and oxygen atoms in total. The van der Waals surface area contributed by atoms with Crippen molar-refractivity contribution in [2.24, 2.45) is 5.41 Å². The molecular weight excluding hydrogens is 370 g/mol. The van der Waals surface area contributed by atoms with Crippen LogP contribution >= 0.6 is 0 Å².